The molecule has 3 aromatic rings. The van der Waals surface area contributed by atoms with Gasteiger partial charge in [0.25, 0.3) is 0 Å². The lowest BCUT2D eigenvalue weighted by Gasteiger charge is -2.12. The first-order valence-corrected chi connectivity index (χ1v) is 10.8. The van der Waals surface area contributed by atoms with E-state index < -0.39 is 21.8 Å². The Labute approximate surface area is 203 Å². The molecule has 3 N–H and O–H groups in total. The zero-order valence-corrected chi connectivity index (χ0v) is 20.6. The number of hydrogen-bond acceptors (Lipinski definition) is 5. The monoisotopic (exact) mass is 518 g/mol. The van der Waals surface area contributed by atoms with Crippen molar-refractivity contribution in [2.24, 2.45) is 5.73 Å². The van der Waals surface area contributed by atoms with Gasteiger partial charge in [0.2, 0.25) is 10.0 Å². The Balaban J connectivity index is 0.00000272. The molecule has 8 nitrogen and oxygen atoms in total. The molecule has 0 amide bonds. The van der Waals surface area contributed by atoms with E-state index in [4.69, 9.17) is 5.73 Å². The Morgan fingerprint density at radius 3 is 2.48 bits per heavy atom. The summed E-state index contributed by atoms with van der Waals surface area (Å²) in [6.45, 7) is 1.72. The third-order valence-electron chi connectivity index (χ3n) is 5.00. The maximum Gasteiger partial charge on any atom is 0.335 e. The normalized spacial score (nSPS) is 11.9. The minimum absolute atomic E-state index is 0. The topological polar surface area (TPSA) is 119 Å². The molecule has 2 aromatic heterocycles. The molecule has 1 aromatic carbocycles. The first-order valence-electron chi connectivity index (χ1n) is 9.36. The second-order valence-corrected chi connectivity index (χ2v) is 9.32. The van der Waals surface area contributed by atoms with E-state index >= 15 is 0 Å². The van der Waals surface area contributed by atoms with Crippen LogP contribution in [-0.2, 0) is 16.6 Å². The zero-order chi connectivity index (χ0) is 22.9. The molecule has 0 saturated heterocycles. The number of benzene rings is 1. The van der Waals surface area contributed by atoms with Crippen LogP contribution >= 0.6 is 24.8 Å². The highest BCUT2D eigenvalue weighted by Crippen LogP contribution is 2.36. The smallest absolute Gasteiger partial charge is 0.335 e. The molecule has 0 bridgehead atoms. The van der Waals surface area contributed by atoms with Gasteiger partial charge in [-0.1, -0.05) is 0 Å². The standard InChI is InChI=1S/C21H23FN4O4S.2ClH/c1-13-20(15-8-17(11-24-10-15)31(29,30)25(2)3)18-9-14(21(27)28)4-5-19(18)26(13)12-16(22)6-7-23;;/h4-6,8-11H,7,12,23H2,1-3H3,(H,27,28);2*1H. The number of fused-ring (bicyclic) bond motifs is 1. The Kier molecular flexibility index (Phi) is 9.58. The summed E-state index contributed by atoms with van der Waals surface area (Å²) < 4.78 is 42.2. The molecule has 0 aliphatic rings. The van der Waals surface area contributed by atoms with Gasteiger partial charge in [0, 0.05) is 60.8 Å². The Morgan fingerprint density at radius 1 is 1.24 bits per heavy atom. The third kappa shape index (κ3) is 5.53. The van der Waals surface area contributed by atoms with E-state index in [1.807, 2.05) is 0 Å². The number of aromatic nitrogens is 2. The molecule has 0 saturated carbocycles. The molecule has 33 heavy (non-hydrogen) atoms. The lowest BCUT2D eigenvalue weighted by Crippen LogP contribution is -2.22. The lowest BCUT2D eigenvalue weighted by molar-refractivity contribution is 0.0697. The lowest BCUT2D eigenvalue weighted by atomic mass is 10.0. The van der Waals surface area contributed by atoms with Crippen LogP contribution in [-0.4, -0.2) is 54.0 Å². The summed E-state index contributed by atoms with van der Waals surface area (Å²) in [7, 11) is -0.885. The number of carboxylic acid groups (broad SMARTS) is 1. The first-order chi connectivity index (χ1) is 14.6. The summed E-state index contributed by atoms with van der Waals surface area (Å²) in [6, 6.07) is 6.03. The van der Waals surface area contributed by atoms with Gasteiger partial charge in [0.1, 0.15) is 10.7 Å². The second kappa shape index (κ2) is 11.1. The zero-order valence-electron chi connectivity index (χ0n) is 18.1. The van der Waals surface area contributed by atoms with E-state index in [1.165, 1.54) is 50.8 Å². The summed E-state index contributed by atoms with van der Waals surface area (Å²) in [5, 5.41) is 9.98. The number of aromatic carboxylic acids is 1. The van der Waals surface area contributed by atoms with Crippen LogP contribution in [0.5, 0.6) is 0 Å². The molecule has 3 rings (SSSR count). The summed E-state index contributed by atoms with van der Waals surface area (Å²) in [5.74, 6) is -1.53. The molecule has 0 spiro atoms. The molecule has 180 valence electrons. The van der Waals surface area contributed by atoms with Gasteiger partial charge in [-0.15, -0.1) is 24.8 Å². The average molecular weight is 519 g/mol. The van der Waals surface area contributed by atoms with Crippen molar-refractivity contribution in [1.29, 1.82) is 0 Å². The molecule has 0 aliphatic heterocycles. The van der Waals surface area contributed by atoms with E-state index in [-0.39, 0.29) is 48.4 Å². The van der Waals surface area contributed by atoms with Crippen LogP contribution in [0.25, 0.3) is 22.0 Å². The number of halogens is 3. The fourth-order valence-corrected chi connectivity index (χ4v) is 4.33. The van der Waals surface area contributed by atoms with Crippen LogP contribution < -0.4 is 5.73 Å². The maximum atomic E-state index is 14.3. The second-order valence-electron chi connectivity index (χ2n) is 7.17. The van der Waals surface area contributed by atoms with Gasteiger partial charge in [0.05, 0.1) is 12.1 Å². The molecule has 0 fully saturated rings. The highest BCUT2D eigenvalue weighted by molar-refractivity contribution is 7.89. The molecule has 2 heterocycles. The van der Waals surface area contributed by atoms with Gasteiger partial charge in [-0.3, -0.25) is 4.98 Å². The molecular weight excluding hydrogens is 494 g/mol. The number of rotatable bonds is 7. The number of carbonyl (C=O) groups is 1. The first kappa shape index (κ1) is 28.5. The number of nitrogens with two attached hydrogens (primary N) is 1. The predicted molar refractivity (Wildman–Crippen MR) is 130 cm³/mol. The average Bonchev–Trinajstić information content (AvgIpc) is 2.99. The SMILES string of the molecule is Cc1c(-c2cncc(S(=O)(=O)N(C)C)c2)c2cc(C(=O)O)ccc2n1CC(F)=CCN.Cl.Cl. The minimum atomic E-state index is -3.73. The van der Waals surface area contributed by atoms with Gasteiger partial charge in [-0.25, -0.2) is 21.9 Å². The van der Waals surface area contributed by atoms with E-state index in [0.29, 0.717) is 27.7 Å². The quantitative estimate of drug-likeness (QED) is 0.493. The summed E-state index contributed by atoms with van der Waals surface area (Å²) in [6.07, 6.45) is 4.02. The number of hydrogen-bond donors (Lipinski definition) is 2. The van der Waals surface area contributed by atoms with Crippen molar-refractivity contribution in [2.75, 3.05) is 20.6 Å². The predicted octanol–water partition coefficient (Wildman–Crippen LogP) is 3.62. The van der Waals surface area contributed by atoms with E-state index in [2.05, 4.69) is 4.98 Å². The molecule has 0 atom stereocenters. The summed E-state index contributed by atoms with van der Waals surface area (Å²) in [4.78, 5) is 15.6. The van der Waals surface area contributed by atoms with Crippen molar-refractivity contribution in [2.45, 2.75) is 18.4 Å². The third-order valence-corrected chi connectivity index (χ3v) is 6.78. The van der Waals surface area contributed by atoms with Gasteiger partial charge >= 0.3 is 5.97 Å². The van der Waals surface area contributed by atoms with Crippen molar-refractivity contribution >= 4 is 51.7 Å². The number of carboxylic acids is 1. The molecule has 0 unspecified atom stereocenters. The summed E-state index contributed by atoms with van der Waals surface area (Å²) in [5.41, 5.74) is 7.78. The fraction of sp³-hybridized carbons (Fsp3) is 0.238. The van der Waals surface area contributed by atoms with Crippen molar-refractivity contribution in [3.63, 3.8) is 0 Å². The van der Waals surface area contributed by atoms with Crippen molar-refractivity contribution in [1.82, 2.24) is 13.9 Å². The number of pyridine rings is 1. The van der Waals surface area contributed by atoms with Gasteiger partial charge in [-0.05, 0) is 37.3 Å². The van der Waals surface area contributed by atoms with Crippen LogP contribution in [0.2, 0.25) is 0 Å². The van der Waals surface area contributed by atoms with Crippen molar-refractivity contribution in [3.05, 3.63) is 59.8 Å². The summed E-state index contributed by atoms with van der Waals surface area (Å²) >= 11 is 0. The maximum absolute atomic E-state index is 14.3. The van der Waals surface area contributed by atoms with Crippen LogP contribution in [0.3, 0.4) is 0 Å². The Bertz CT molecular complexity index is 1310. The molecule has 0 radical (unpaired) electrons. The molecular formula is C21H25Cl2FN4O4S. The van der Waals surface area contributed by atoms with Crippen molar-refractivity contribution < 1.29 is 22.7 Å². The number of allylic oxidation sites excluding steroid dienone is 1. The van der Waals surface area contributed by atoms with Crippen LogP contribution in [0, 0.1) is 6.92 Å². The Hall–Kier alpha value is -2.50. The minimum Gasteiger partial charge on any atom is -0.478 e. The molecule has 12 heteroatoms. The van der Waals surface area contributed by atoms with Gasteiger partial charge < -0.3 is 15.4 Å². The number of sulfonamides is 1. The highest BCUT2D eigenvalue weighted by atomic mass is 35.5. The molecule has 0 aliphatic carbocycles. The van der Waals surface area contributed by atoms with E-state index in [1.54, 1.807) is 17.6 Å². The van der Waals surface area contributed by atoms with Gasteiger partial charge in [-0.2, -0.15) is 0 Å². The largest absolute Gasteiger partial charge is 0.478 e. The van der Waals surface area contributed by atoms with Crippen LogP contribution in [0.15, 0.2) is 53.5 Å². The number of nitrogens with zero attached hydrogens (tertiary/aromatic N) is 3. The van der Waals surface area contributed by atoms with Crippen LogP contribution in [0.1, 0.15) is 16.1 Å². The Morgan fingerprint density at radius 2 is 1.91 bits per heavy atom. The van der Waals surface area contributed by atoms with E-state index in [0.717, 1.165) is 4.31 Å². The van der Waals surface area contributed by atoms with Crippen LogP contribution in [0.4, 0.5) is 4.39 Å². The fourth-order valence-electron chi connectivity index (χ4n) is 3.43. The van der Waals surface area contributed by atoms with Crippen molar-refractivity contribution in [3.8, 4) is 11.1 Å². The van der Waals surface area contributed by atoms with Gasteiger partial charge in [0.15, 0.2) is 0 Å². The van der Waals surface area contributed by atoms with E-state index in [9.17, 15) is 22.7 Å². The highest BCUT2D eigenvalue weighted by Gasteiger charge is 2.22.